The van der Waals surface area contributed by atoms with Gasteiger partial charge in [0.1, 0.15) is 17.8 Å². The lowest BCUT2D eigenvalue weighted by atomic mass is 9.93. The number of methoxy groups -OCH3 is 1. The fraction of sp³-hybridized carbons (Fsp3) is 0.400. The molecule has 2 heterocycles. The first-order valence-corrected chi connectivity index (χ1v) is 13.3. The van der Waals surface area contributed by atoms with Crippen molar-refractivity contribution in [1.82, 2.24) is 10.2 Å². The van der Waals surface area contributed by atoms with Crippen LogP contribution < -0.4 is 15.0 Å². The van der Waals surface area contributed by atoms with Crippen LogP contribution in [0.15, 0.2) is 54.6 Å². The van der Waals surface area contributed by atoms with Crippen LogP contribution in [0.3, 0.4) is 0 Å². The van der Waals surface area contributed by atoms with Crippen molar-refractivity contribution >= 4 is 33.4 Å². The van der Waals surface area contributed by atoms with Gasteiger partial charge in [0.2, 0.25) is 5.91 Å². The molecular weight excluding hydrogens is 470 g/mol. The van der Waals surface area contributed by atoms with Gasteiger partial charge in [-0.15, -0.1) is 0 Å². The largest absolute Gasteiger partial charge is 0.497 e. The van der Waals surface area contributed by atoms with Crippen molar-refractivity contribution in [2.45, 2.75) is 37.8 Å². The minimum atomic E-state index is -3.25. The summed E-state index contributed by atoms with van der Waals surface area (Å²) >= 11 is 0. The highest BCUT2D eigenvalue weighted by atomic mass is 32.2. The lowest BCUT2D eigenvalue weighted by Gasteiger charge is -2.30. The molecule has 0 aliphatic carbocycles. The van der Waals surface area contributed by atoms with Gasteiger partial charge in [-0.3, -0.25) is 14.5 Å². The number of nitrogens with zero attached hydrogens (tertiary/aromatic N) is 2. The number of aryl methyl sites for hydroxylation is 1. The summed E-state index contributed by atoms with van der Waals surface area (Å²) < 4.78 is 29.3. The van der Waals surface area contributed by atoms with Gasteiger partial charge in [-0.2, -0.15) is 0 Å². The Labute approximate surface area is 205 Å². The number of nitrogens with one attached hydrogen (secondary N) is 1. The Morgan fingerprint density at radius 1 is 1.14 bits per heavy atom. The van der Waals surface area contributed by atoms with Crippen molar-refractivity contribution in [3.63, 3.8) is 0 Å². The Balaban J connectivity index is 1.48. The molecule has 2 saturated heterocycles. The highest BCUT2D eigenvalue weighted by Crippen LogP contribution is 2.27. The summed E-state index contributed by atoms with van der Waals surface area (Å²) in [7, 11) is -1.66. The van der Waals surface area contributed by atoms with Crippen LogP contribution in [0, 0.1) is 0 Å². The molecule has 0 aromatic heterocycles. The number of carbonyl (C=O) groups is 3. The number of rotatable bonds is 8. The van der Waals surface area contributed by atoms with Gasteiger partial charge < -0.3 is 15.0 Å². The van der Waals surface area contributed by atoms with Crippen LogP contribution in [0.25, 0.3) is 0 Å². The maximum Gasteiger partial charge on any atom is 0.325 e. The number of hydrogen-bond donors (Lipinski definition) is 1. The van der Waals surface area contributed by atoms with E-state index in [0.717, 1.165) is 16.2 Å². The van der Waals surface area contributed by atoms with Gasteiger partial charge in [0, 0.05) is 5.69 Å². The van der Waals surface area contributed by atoms with Gasteiger partial charge in [0.05, 0.1) is 24.7 Å². The van der Waals surface area contributed by atoms with E-state index in [1.807, 2.05) is 24.3 Å². The Kier molecular flexibility index (Phi) is 6.84. The van der Waals surface area contributed by atoms with Crippen LogP contribution >= 0.6 is 0 Å². The number of para-hydroxylation sites is 1. The normalized spacial score (nSPS) is 23.3. The monoisotopic (exact) mass is 499 g/mol. The first kappa shape index (κ1) is 24.7. The second-order valence-electron chi connectivity index (χ2n) is 9.16. The van der Waals surface area contributed by atoms with E-state index in [4.69, 9.17) is 4.74 Å². The first-order valence-electron chi connectivity index (χ1n) is 11.5. The average Bonchev–Trinajstić information content (AvgIpc) is 3.30. The summed E-state index contributed by atoms with van der Waals surface area (Å²) in [6, 6.07) is 15.0. The topological polar surface area (TPSA) is 113 Å². The number of imide groups is 1. The molecule has 2 aromatic rings. The van der Waals surface area contributed by atoms with Crippen molar-refractivity contribution in [3.8, 4) is 5.75 Å². The van der Waals surface area contributed by atoms with Crippen LogP contribution in [0.5, 0.6) is 5.75 Å². The molecule has 0 bridgehead atoms. The third-order valence-corrected chi connectivity index (χ3v) is 8.34. The second-order valence-corrected chi connectivity index (χ2v) is 11.4. The molecule has 0 spiro atoms. The minimum absolute atomic E-state index is 0.000836. The van der Waals surface area contributed by atoms with E-state index < -0.39 is 45.8 Å². The molecule has 4 rings (SSSR count). The highest BCUT2D eigenvalue weighted by molar-refractivity contribution is 7.91. The molecule has 2 fully saturated rings. The van der Waals surface area contributed by atoms with Crippen LogP contribution in [0.4, 0.5) is 10.5 Å². The lowest BCUT2D eigenvalue weighted by Crippen LogP contribution is -2.49. The Hall–Kier alpha value is -3.40. The minimum Gasteiger partial charge on any atom is -0.497 e. The fourth-order valence-corrected chi connectivity index (χ4v) is 6.28. The Bertz CT molecular complexity index is 1220. The number of hydrogen-bond acceptors (Lipinski definition) is 6. The Morgan fingerprint density at radius 3 is 2.43 bits per heavy atom. The summed E-state index contributed by atoms with van der Waals surface area (Å²) in [4.78, 5) is 41.7. The molecule has 2 atom stereocenters. The number of benzene rings is 2. The maximum atomic E-state index is 13.4. The van der Waals surface area contributed by atoms with Crippen LogP contribution in [-0.4, -0.2) is 67.9 Å². The number of amides is 4. The van der Waals surface area contributed by atoms with Gasteiger partial charge >= 0.3 is 6.03 Å². The smallest absolute Gasteiger partial charge is 0.325 e. The van der Waals surface area contributed by atoms with E-state index in [1.54, 1.807) is 44.4 Å². The zero-order valence-electron chi connectivity index (χ0n) is 19.8. The van der Waals surface area contributed by atoms with Gasteiger partial charge in [-0.1, -0.05) is 30.3 Å². The van der Waals surface area contributed by atoms with Crippen molar-refractivity contribution in [3.05, 3.63) is 60.2 Å². The zero-order valence-corrected chi connectivity index (χ0v) is 20.6. The predicted octanol–water partition coefficient (Wildman–Crippen LogP) is 2.16. The van der Waals surface area contributed by atoms with Crippen molar-refractivity contribution in [2.75, 3.05) is 30.1 Å². The molecule has 4 amide bonds. The molecule has 186 valence electrons. The summed E-state index contributed by atoms with van der Waals surface area (Å²) in [5.74, 6) is -0.390. The number of anilines is 1. The van der Waals surface area contributed by atoms with E-state index in [1.165, 1.54) is 4.90 Å². The third-order valence-electron chi connectivity index (χ3n) is 6.59. The van der Waals surface area contributed by atoms with Crippen molar-refractivity contribution < 1.29 is 27.5 Å². The molecule has 2 aromatic carbocycles. The lowest BCUT2D eigenvalue weighted by molar-refractivity contribution is -0.134. The third kappa shape index (κ3) is 5.32. The molecule has 2 aliphatic rings. The SMILES string of the molecule is COc1ccc(CC[C@]2(C)NC(=O)N(CC(=O)N(c3ccccc3)[C@@H]3CCS(=O)(=O)C3)C2=O)cc1. The summed E-state index contributed by atoms with van der Waals surface area (Å²) in [5, 5.41) is 2.74. The number of urea groups is 1. The van der Waals surface area contributed by atoms with Crippen LogP contribution in [-0.2, 0) is 25.8 Å². The maximum absolute atomic E-state index is 13.4. The number of sulfone groups is 1. The van der Waals surface area contributed by atoms with E-state index in [0.29, 0.717) is 24.9 Å². The highest BCUT2D eigenvalue weighted by Gasteiger charge is 2.48. The summed E-state index contributed by atoms with van der Waals surface area (Å²) in [5.41, 5.74) is 0.376. The molecule has 10 heteroatoms. The van der Waals surface area contributed by atoms with Crippen LogP contribution in [0.2, 0.25) is 0 Å². The average molecular weight is 500 g/mol. The molecule has 2 aliphatic heterocycles. The van der Waals surface area contributed by atoms with Crippen LogP contribution in [0.1, 0.15) is 25.3 Å². The van der Waals surface area contributed by atoms with Gasteiger partial charge in [0.15, 0.2) is 9.84 Å². The van der Waals surface area contributed by atoms with E-state index in [2.05, 4.69) is 5.32 Å². The molecular formula is C25H29N3O6S. The molecule has 0 unspecified atom stereocenters. The number of ether oxygens (including phenoxy) is 1. The molecule has 9 nitrogen and oxygen atoms in total. The quantitative estimate of drug-likeness (QED) is 0.557. The molecule has 35 heavy (non-hydrogen) atoms. The van der Waals surface area contributed by atoms with Crippen molar-refractivity contribution in [2.24, 2.45) is 0 Å². The standard InChI is InChI=1S/C25H29N3O6S/c1-25(14-12-18-8-10-21(34-2)11-9-18)23(30)27(24(31)26-25)16-22(29)28(19-6-4-3-5-7-19)20-13-15-35(32,33)17-20/h3-11,20H,12-17H2,1-2H3,(H,26,31)/t20-,25+/m1/s1. The molecule has 1 N–H and O–H groups in total. The fourth-order valence-electron chi connectivity index (χ4n) is 4.58. The van der Waals surface area contributed by atoms with E-state index in [9.17, 15) is 22.8 Å². The van der Waals surface area contributed by atoms with Gasteiger partial charge in [-0.05, 0) is 56.0 Å². The summed E-state index contributed by atoms with van der Waals surface area (Å²) in [6.45, 7) is 1.19. The summed E-state index contributed by atoms with van der Waals surface area (Å²) in [6.07, 6.45) is 1.21. The molecule has 0 radical (unpaired) electrons. The Morgan fingerprint density at radius 2 is 1.83 bits per heavy atom. The van der Waals surface area contributed by atoms with Gasteiger partial charge in [0.25, 0.3) is 5.91 Å². The molecule has 0 saturated carbocycles. The van der Waals surface area contributed by atoms with E-state index in [-0.39, 0.29) is 11.5 Å². The first-order chi connectivity index (χ1) is 16.6. The number of carbonyl (C=O) groups excluding carboxylic acids is 3. The second kappa shape index (κ2) is 9.69. The predicted molar refractivity (Wildman–Crippen MR) is 131 cm³/mol. The van der Waals surface area contributed by atoms with E-state index >= 15 is 0 Å². The van der Waals surface area contributed by atoms with Gasteiger partial charge in [-0.25, -0.2) is 13.2 Å². The zero-order chi connectivity index (χ0) is 25.2. The van der Waals surface area contributed by atoms with Crippen molar-refractivity contribution in [1.29, 1.82) is 0 Å².